The molecule has 3 N–H and O–H groups in total. The van der Waals surface area contributed by atoms with Crippen LogP contribution in [-0.4, -0.2) is 17.3 Å². The van der Waals surface area contributed by atoms with Crippen LogP contribution in [0.3, 0.4) is 0 Å². The highest BCUT2D eigenvalue weighted by Gasteiger charge is 2.63. The molecule has 2 aromatic rings. The van der Waals surface area contributed by atoms with Gasteiger partial charge in [0, 0.05) is 22.6 Å². The fourth-order valence-corrected chi connectivity index (χ4v) is 4.24. The topological polar surface area (TPSA) is 50.4 Å². The van der Waals surface area contributed by atoms with E-state index in [9.17, 15) is 0 Å². The predicted molar refractivity (Wildman–Crippen MR) is 98.2 cm³/mol. The number of aliphatic imine (C=N–C) groups is 1. The van der Waals surface area contributed by atoms with Gasteiger partial charge in [-0.3, -0.25) is 4.99 Å². The molecule has 23 heavy (non-hydrogen) atoms. The standard InChI is InChI=1S/C19H18BrN3/c20-15-4-3-11-5-13(2-1-12(11)6-15)16(21)10-22-18-9-19(18)8-14-7-17(14)23-19/h1-6,10,14,17,23H,7-9,21H2/b16-10-,22-18?/t14-,17-,19?/m1/s1. The molecule has 0 aromatic heterocycles. The molecule has 1 saturated heterocycles. The van der Waals surface area contributed by atoms with Crippen molar-refractivity contribution in [1.29, 1.82) is 0 Å². The maximum absolute atomic E-state index is 6.24. The van der Waals surface area contributed by atoms with Gasteiger partial charge in [-0.2, -0.15) is 0 Å². The zero-order chi connectivity index (χ0) is 15.6. The summed E-state index contributed by atoms with van der Waals surface area (Å²) in [6.07, 6.45) is 5.56. The Kier molecular flexibility index (Phi) is 2.80. The zero-order valence-electron chi connectivity index (χ0n) is 12.7. The summed E-state index contributed by atoms with van der Waals surface area (Å²) in [4.78, 5) is 4.66. The van der Waals surface area contributed by atoms with Crippen molar-refractivity contribution < 1.29 is 0 Å². The molecule has 2 aliphatic carbocycles. The Labute approximate surface area is 143 Å². The van der Waals surface area contributed by atoms with Gasteiger partial charge in [0.1, 0.15) is 0 Å². The smallest absolute Gasteiger partial charge is 0.0628 e. The first-order valence-electron chi connectivity index (χ1n) is 8.13. The largest absolute Gasteiger partial charge is 0.397 e. The summed E-state index contributed by atoms with van der Waals surface area (Å²) in [5.41, 5.74) is 9.51. The summed E-state index contributed by atoms with van der Waals surface area (Å²) >= 11 is 3.50. The van der Waals surface area contributed by atoms with E-state index in [0.29, 0.717) is 0 Å². The van der Waals surface area contributed by atoms with Crippen LogP contribution in [0.5, 0.6) is 0 Å². The number of piperidine rings is 1. The summed E-state index contributed by atoms with van der Waals surface area (Å²) in [7, 11) is 0. The molecule has 4 heteroatoms. The van der Waals surface area contributed by atoms with Crippen LogP contribution in [0.25, 0.3) is 16.5 Å². The van der Waals surface area contributed by atoms with Crippen LogP contribution in [0, 0.1) is 5.92 Å². The molecule has 1 spiro atoms. The predicted octanol–water partition coefficient (Wildman–Crippen LogP) is 3.82. The van der Waals surface area contributed by atoms with Crippen LogP contribution in [0.1, 0.15) is 24.8 Å². The van der Waals surface area contributed by atoms with Crippen LogP contribution in [0.2, 0.25) is 0 Å². The van der Waals surface area contributed by atoms with Gasteiger partial charge in [-0.1, -0.05) is 34.1 Å². The highest BCUT2D eigenvalue weighted by molar-refractivity contribution is 9.10. The van der Waals surface area contributed by atoms with Gasteiger partial charge < -0.3 is 11.1 Å². The van der Waals surface area contributed by atoms with Crippen molar-refractivity contribution in [3.63, 3.8) is 0 Å². The van der Waals surface area contributed by atoms with Crippen molar-refractivity contribution in [2.75, 3.05) is 0 Å². The van der Waals surface area contributed by atoms with E-state index >= 15 is 0 Å². The van der Waals surface area contributed by atoms with E-state index < -0.39 is 0 Å². The van der Waals surface area contributed by atoms with Gasteiger partial charge in [0.2, 0.25) is 0 Å². The van der Waals surface area contributed by atoms with Gasteiger partial charge in [-0.15, -0.1) is 0 Å². The van der Waals surface area contributed by atoms with Crippen LogP contribution in [0.15, 0.2) is 52.1 Å². The number of nitrogens with two attached hydrogens (primary N) is 1. The third kappa shape index (κ3) is 2.32. The maximum atomic E-state index is 6.24. The molecule has 1 aliphatic heterocycles. The summed E-state index contributed by atoms with van der Waals surface area (Å²) in [5.74, 6) is 0.906. The first-order valence-corrected chi connectivity index (χ1v) is 8.92. The minimum atomic E-state index is 0.236. The molecule has 3 nitrogen and oxygen atoms in total. The Morgan fingerprint density at radius 3 is 2.91 bits per heavy atom. The van der Waals surface area contributed by atoms with Gasteiger partial charge >= 0.3 is 0 Å². The molecule has 0 amide bonds. The maximum Gasteiger partial charge on any atom is 0.0628 e. The summed E-state index contributed by atoms with van der Waals surface area (Å²) in [5, 5.41) is 6.11. The van der Waals surface area contributed by atoms with E-state index in [1.54, 1.807) is 0 Å². The minimum Gasteiger partial charge on any atom is -0.397 e. The second kappa shape index (κ2) is 4.68. The SMILES string of the molecule is N/C(=C\N=C1CC12C[C@H]1C[C@H]1N2)c1ccc2cc(Br)ccc2c1. The first kappa shape index (κ1) is 13.8. The van der Waals surface area contributed by atoms with E-state index in [1.807, 2.05) is 6.20 Å². The highest BCUT2D eigenvalue weighted by atomic mass is 79.9. The molecule has 1 unspecified atom stereocenters. The van der Waals surface area contributed by atoms with Crippen molar-refractivity contribution in [3.05, 3.63) is 52.6 Å². The van der Waals surface area contributed by atoms with E-state index in [1.165, 1.54) is 29.3 Å². The van der Waals surface area contributed by atoms with E-state index in [-0.39, 0.29) is 5.54 Å². The van der Waals surface area contributed by atoms with Gasteiger partial charge in [-0.05, 0) is 53.3 Å². The summed E-state index contributed by atoms with van der Waals surface area (Å²) in [6, 6.07) is 13.3. The van der Waals surface area contributed by atoms with Gasteiger partial charge in [0.05, 0.1) is 17.4 Å². The lowest BCUT2D eigenvalue weighted by Gasteiger charge is -2.07. The second-order valence-electron chi connectivity index (χ2n) is 7.08. The van der Waals surface area contributed by atoms with Crippen LogP contribution in [0.4, 0.5) is 0 Å². The van der Waals surface area contributed by atoms with Crippen molar-refractivity contribution in [2.24, 2.45) is 16.6 Å². The number of rotatable bonds is 2. The quantitative estimate of drug-likeness (QED) is 0.847. The Morgan fingerprint density at radius 1 is 1.26 bits per heavy atom. The van der Waals surface area contributed by atoms with Crippen molar-refractivity contribution >= 4 is 38.1 Å². The highest BCUT2D eigenvalue weighted by Crippen LogP contribution is 2.54. The Balaban J connectivity index is 1.40. The number of benzene rings is 2. The van der Waals surface area contributed by atoms with Crippen LogP contribution in [-0.2, 0) is 0 Å². The monoisotopic (exact) mass is 367 g/mol. The fraction of sp³-hybridized carbons (Fsp3) is 0.316. The molecule has 5 rings (SSSR count). The number of hydrogen-bond acceptors (Lipinski definition) is 3. The molecule has 2 aromatic carbocycles. The third-order valence-corrected chi connectivity index (χ3v) is 5.88. The molecule has 3 fully saturated rings. The van der Waals surface area contributed by atoms with Crippen molar-refractivity contribution in [2.45, 2.75) is 30.8 Å². The van der Waals surface area contributed by atoms with E-state index in [0.717, 1.165) is 34.1 Å². The Bertz CT molecular complexity index is 873. The van der Waals surface area contributed by atoms with Crippen molar-refractivity contribution in [3.8, 4) is 0 Å². The lowest BCUT2D eigenvalue weighted by Crippen LogP contribution is -2.29. The molecule has 1 heterocycles. The number of nitrogens with one attached hydrogen (secondary N) is 1. The van der Waals surface area contributed by atoms with Crippen LogP contribution >= 0.6 is 15.9 Å². The summed E-state index contributed by atoms with van der Waals surface area (Å²) < 4.78 is 1.09. The third-order valence-electron chi connectivity index (χ3n) is 5.39. The Hall–Kier alpha value is -1.65. The van der Waals surface area contributed by atoms with Gasteiger partial charge in [0.25, 0.3) is 0 Å². The minimum absolute atomic E-state index is 0.236. The molecule has 0 bridgehead atoms. The van der Waals surface area contributed by atoms with E-state index in [2.05, 4.69) is 62.6 Å². The molecule has 0 radical (unpaired) electrons. The van der Waals surface area contributed by atoms with E-state index in [4.69, 9.17) is 5.73 Å². The molecular weight excluding hydrogens is 350 g/mol. The molecule has 2 saturated carbocycles. The molecule has 3 atom stereocenters. The van der Waals surface area contributed by atoms with Gasteiger partial charge in [0.15, 0.2) is 0 Å². The molecular formula is C19H18BrN3. The lowest BCUT2D eigenvalue weighted by atomic mass is 10.1. The van der Waals surface area contributed by atoms with Crippen molar-refractivity contribution in [1.82, 2.24) is 5.32 Å². The average Bonchev–Trinajstić information content (AvgIpc) is 3.40. The number of hydrogen-bond donors (Lipinski definition) is 2. The summed E-state index contributed by atoms with van der Waals surface area (Å²) in [6.45, 7) is 0. The number of nitrogens with zero attached hydrogens (tertiary/aromatic N) is 1. The number of fused-ring (bicyclic) bond motifs is 2. The average molecular weight is 368 g/mol. The molecule has 116 valence electrons. The van der Waals surface area contributed by atoms with Gasteiger partial charge in [-0.25, -0.2) is 0 Å². The van der Waals surface area contributed by atoms with Crippen LogP contribution < -0.4 is 11.1 Å². The first-order chi connectivity index (χ1) is 11.1. The lowest BCUT2D eigenvalue weighted by molar-refractivity contribution is 0.562. The zero-order valence-corrected chi connectivity index (χ0v) is 14.3. The molecule has 3 aliphatic rings. The normalized spacial score (nSPS) is 33.4. The second-order valence-corrected chi connectivity index (χ2v) is 7.99. The fourth-order valence-electron chi connectivity index (χ4n) is 3.86. The number of halogens is 1. The Morgan fingerprint density at radius 2 is 2.09 bits per heavy atom.